The van der Waals surface area contributed by atoms with Crippen molar-refractivity contribution in [3.63, 3.8) is 0 Å². The lowest BCUT2D eigenvalue weighted by atomic mass is 9.95. The zero-order valence-corrected chi connectivity index (χ0v) is 20.7. The highest BCUT2D eigenvalue weighted by Crippen LogP contribution is 2.37. The molecule has 0 saturated carbocycles. The molecule has 0 heterocycles. The van der Waals surface area contributed by atoms with Crippen LogP contribution in [0.15, 0.2) is 48.5 Å². The van der Waals surface area contributed by atoms with Crippen LogP contribution < -0.4 is 5.32 Å². The first-order valence-corrected chi connectivity index (χ1v) is 13.7. The van der Waals surface area contributed by atoms with Crippen LogP contribution in [0.5, 0.6) is 0 Å². The number of hydrogen-bond donors (Lipinski definition) is 2. The summed E-state index contributed by atoms with van der Waals surface area (Å²) in [5.41, 5.74) is 1.73. The van der Waals surface area contributed by atoms with Crippen molar-refractivity contribution >= 4 is 31.5 Å². The Morgan fingerprint density at radius 3 is 2.17 bits per heavy atom. The van der Waals surface area contributed by atoms with Crippen molar-refractivity contribution in [2.45, 2.75) is 64.0 Å². The van der Waals surface area contributed by atoms with E-state index in [1.54, 1.807) is 12.1 Å². The Bertz CT molecular complexity index is 790. The number of halogens is 2. The molecule has 0 aromatic heterocycles. The maximum atomic E-state index is 11.1. The Balaban J connectivity index is 2.20. The van der Waals surface area contributed by atoms with Crippen LogP contribution in [0, 0.1) is 0 Å². The molecule has 2 aromatic carbocycles. The predicted molar refractivity (Wildman–Crippen MR) is 126 cm³/mol. The Morgan fingerprint density at radius 2 is 1.62 bits per heavy atom. The number of benzene rings is 2. The maximum absolute atomic E-state index is 11.1. The molecule has 3 nitrogen and oxygen atoms in total. The van der Waals surface area contributed by atoms with Crippen molar-refractivity contribution in [1.82, 2.24) is 5.32 Å². The first-order valence-electron chi connectivity index (χ1n) is 10.00. The van der Waals surface area contributed by atoms with Crippen LogP contribution in [-0.4, -0.2) is 26.1 Å². The van der Waals surface area contributed by atoms with Crippen LogP contribution in [0.4, 0.5) is 0 Å². The van der Waals surface area contributed by atoms with Crippen molar-refractivity contribution in [1.29, 1.82) is 0 Å². The minimum absolute atomic E-state index is 0.0543. The van der Waals surface area contributed by atoms with Gasteiger partial charge in [0.05, 0.1) is 12.1 Å². The van der Waals surface area contributed by atoms with E-state index in [-0.39, 0.29) is 17.1 Å². The zero-order chi connectivity index (χ0) is 21.8. The van der Waals surface area contributed by atoms with Crippen LogP contribution >= 0.6 is 23.2 Å². The minimum Gasteiger partial charge on any atom is -0.415 e. The molecule has 2 aromatic rings. The lowest BCUT2D eigenvalue weighted by Crippen LogP contribution is -2.45. The summed E-state index contributed by atoms with van der Waals surface area (Å²) in [5.74, 6) is 0. The summed E-state index contributed by atoms with van der Waals surface area (Å²) in [6.07, 6.45) is -0.759. The van der Waals surface area contributed by atoms with Gasteiger partial charge >= 0.3 is 0 Å². The van der Waals surface area contributed by atoms with Crippen molar-refractivity contribution < 1.29 is 9.53 Å². The summed E-state index contributed by atoms with van der Waals surface area (Å²) < 4.78 is 6.37. The molecule has 0 amide bonds. The van der Waals surface area contributed by atoms with E-state index in [0.29, 0.717) is 16.7 Å². The van der Waals surface area contributed by atoms with Crippen molar-refractivity contribution in [3.8, 4) is 0 Å². The zero-order valence-electron chi connectivity index (χ0n) is 18.2. The average molecular weight is 455 g/mol. The molecule has 0 fully saturated rings. The fourth-order valence-corrected chi connectivity index (χ4v) is 4.25. The number of aliphatic hydroxyl groups excluding tert-OH is 1. The SMILES string of the molecule is C[C@H](CO[Si](C)(C)C(C)(C)C)N[C@H](c1ccc(Cl)cc1)[C@H](O)c1cccc(Cl)c1. The molecule has 0 unspecified atom stereocenters. The largest absolute Gasteiger partial charge is 0.415 e. The number of aliphatic hydroxyl groups is 1. The quantitative estimate of drug-likeness (QED) is 0.433. The molecule has 0 aliphatic rings. The van der Waals surface area contributed by atoms with Gasteiger partial charge in [-0.05, 0) is 60.4 Å². The van der Waals surface area contributed by atoms with Gasteiger partial charge in [0.25, 0.3) is 0 Å². The van der Waals surface area contributed by atoms with E-state index >= 15 is 0 Å². The third-order valence-corrected chi connectivity index (χ3v) is 10.7. The summed E-state index contributed by atoms with van der Waals surface area (Å²) in [6, 6.07) is 14.6. The third kappa shape index (κ3) is 6.81. The van der Waals surface area contributed by atoms with Gasteiger partial charge in [-0.25, -0.2) is 0 Å². The van der Waals surface area contributed by atoms with Crippen LogP contribution in [0.1, 0.15) is 51.0 Å². The van der Waals surface area contributed by atoms with Gasteiger partial charge in [0.15, 0.2) is 8.32 Å². The molecule has 160 valence electrons. The summed E-state index contributed by atoms with van der Waals surface area (Å²) in [7, 11) is -1.84. The number of hydrogen-bond acceptors (Lipinski definition) is 3. The molecule has 0 spiro atoms. The van der Waals surface area contributed by atoms with E-state index in [4.69, 9.17) is 27.6 Å². The standard InChI is InChI=1S/C23H33Cl2NO2Si/c1-16(15-28-29(5,6)23(2,3)4)26-21(17-10-12-19(24)13-11-17)22(27)18-8-7-9-20(25)14-18/h7-14,16,21-22,26-27H,15H2,1-6H3/t16-,21-,22-/m1/s1. The van der Waals surface area contributed by atoms with Gasteiger partial charge in [0.1, 0.15) is 0 Å². The maximum Gasteiger partial charge on any atom is 0.192 e. The molecule has 0 aliphatic heterocycles. The molecule has 6 heteroatoms. The van der Waals surface area contributed by atoms with Crippen LogP contribution in [0.2, 0.25) is 28.2 Å². The summed E-state index contributed by atoms with van der Waals surface area (Å²) in [6.45, 7) is 13.9. The molecular weight excluding hydrogens is 421 g/mol. The van der Waals surface area contributed by atoms with Gasteiger partial charge in [-0.1, -0.05) is 68.2 Å². The van der Waals surface area contributed by atoms with Crippen molar-refractivity contribution in [3.05, 3.63) is 69.7 Å². The number of rotatable bonds is 8. The van der Waals surface area contributed by atoms with E-state index in [9.17, 15) is 5.11 Å². The third-order valence-electron chi connectivity index (χ3n) is 5.70. The monoisotopic (exact) mass is 453 g/mol. The van der Waals surface area contributed by atoms with Crippen LogP contribution in [-0.2, 0) is 4.43 Å². The van der Waals surface area contributed by atoms with Crippen LogP contribution in [0.3, 0.4) is 0 Å². The summed E-state index contributed by atoms with van der Waals surface area (Å²) in [4.78, 5) is 0. The van der Waals surface area contributed by atoms with Crippen molar-refractivity contribution in [2.75, 3.05) is 6.61 Å². The molecule has 3 atom stereocenters. The predicted octanol–water partition coefficient (Wildman–Crippen LogP) is 6.77. The van der Waals surface area contributed by atoms with Gasteiger partial charge in [0, 0.05) is 22.7 Å². The van der Waals surface area contributed by atoms with Crippen LogP contribution in [0.25, 0.3) is 0 Å². The minimum atomic E-state index is -1.84. The second-order valence-corrected chi connectivity index (χ2v) is 14.9. The Hall–Kier alpha value is -0.883. The molecule has 2 rings (SSSR count). The molecule has 0 aliphatic carbocycles. The first-order chi connectivity index (χ1) is 13.4. The molecule has 0 saturated heterocycles. The highest BCUT2D eigenvalue weighted by molar-refractivity contribution is 6.74. The fraction of sp³-hybridized carbons (Fsp3) is 0.478. The highest BCUT2D eigenvalue weighted by Gasteiger charge is 2.37. The summed E-state index contributed by atoms with van der Waals surface area (Å²) >= 11 is 12.2. The lowest BCUT2D eigenvalue weighted by molar-refractivity contribution is 0.115. The van der Waals surface area contributed by atoms with E-state index in [0.717, 1.165) is 11.1 Å². The van der Waals surface area contributed by atoms with Gasteiger partial charge in [-0.15, -0.1) is 0 Å². The highest BCUT2D eigenvalue weighted by atomic mass is 35.5. The molecule has 0 radical (unpaired) electrons. The number of nitrogens with one attached hydrogen (secondary N) is 1. The van der Waals surface area contributed by atoms with Gasteiger partial charge in [-0.2, -0.15) is 0 Å². The van der Waals surface area contributed by atoms with Gasteiger partial charge < -0.3 is 14.8 Å². The average Bonchev–Trinajstić information content (AvgIpc) is 2.64. The fourth-order valence-electron chi connectivity index (χ4n) is 2.83. The Labute approximate surface area is 186 Å². The van der Waals surface area contributed by atoms with E-state index in [2.05, 4.69) is 46.1 Å². The summed E-state index contributed by atoms with van der Waals surface area (Å²) in [5, 5.41) is 16.1. The van der Waals surface area contributed by atoms with Gasteiger partial charge in [0.2, 0.25) is 0 Å². The lowest BCUT2D eigenvalue weighted by Gasteiger charge is -2.37. The second kappa shape index (κ2) is 9.95. The first kappa shape index (κ1) is 24.4. The van der Waals surface area contributed by atoms with E-state index < -0.39 is 14.4 Å². The second-order valence-electron chi connectivity index (χ2n) is 9.17. The topological polar surface area (TPSA) is 41.5 Å². The molecule has 0 bridgehead atoms. The van der Waals surface area contributed by atoms with E-state index in [1.165, 1.54) is 0 Å². The molecular formula is C23H33Cl2NO2Si. The molecule has 2 N–H and O–H groups in total. The normalized spacial score (nSPS) is 15.8. The molecule has 29 heavy (non-hydrogen) atoms. The van der Waals surface area contributed by atoms with Crippen molar-refractivity contribution in [2.24, 2.45) is 0 Å². The Morgan fingerprint density at radius 1 is 1.00 bits per heavy atom. The van der Waals surface area contributed by atoms with E-state index in [1.807, 2.05) is 36.4 Å². The smallest absolute Gasteiger partial charge is 0.192 e. The Kier molecular flexibility index (Phi) is 8.37. The van der Waals surface area contributed by atoms with Gasteiger partial charge in [-0.3, -0.25) is 0 Å².